The second-order valence-electron chi connectivity index (χ2n) is 7.64. The second kappa shape index (κ2) is 8.93. The minimum absolute atomic E-state index is 0.205. The molecule has 7 heteroatoms. The lowest BCUT2D eigenvalue weighted by molar-refractivity contribution is 0.0277. The number of carbonyl (C=O) groups excluding carboxylic acids is 1. The predicted molar refractivity (Wildman–Crippen MR) is 110 cm³/mol. The molecule has 7 nitrogen and oxygen atoms in total. The number of hydrogen-bond donors (Lipinski definition) is 0. The fourth-order valence-corrected chi connectivity index (χ4v) is 3.07. The number of aromatic nitrogens is 3. The zero-order chi connectivity index (χ0) is 21.0. The zero-order valence-electron chi connectivity index (χ0n) is 17.3. The molecule has 0 aliphatic rings. The van der Waals surface area contributed by atoms with E-state index in [1.54, 1.807) is 10.9 Å². The summed E-state index contributed by atoms with van der Waals surface area (Å²) in [6.45, 7) is 9.50. The van der Waals surface area contributed by atoms with E-state index in [4.69, 9.17) is 9.47 Å². The van der Waals surface area contributed by atoms with Crippen LogP contribution in [0.25, 0.3) is 16.6 Å². The van der Waals surface area contributed by atoms with Crippen LogP contribution in [0.2, 0.25) is 0 Å². The van der Waals surface area contributed by atoms with Gasteiger partial charge in [-0.3, -0.25) is 0 Å². The fraction of sp³-hybridized carbons (Fsp3) is 0.409. The third-order valence-electron chi connectivity index (χ3n) is 4.49. The molecular formula is C22H26N4O3. The van der Waals surface area contributed by atoms with Gasteiger partial charge in [0.25, 0.3) is 0 Å². The number of rotatable bonds is 8. The van der Waals surface area contributed by atoms with Crippen molar-refractivity contribution in [3.63, 3.8) is 0 Å². The monoisotopic (exact) mass is 394 g/mol. The Morgan fingerprint density at radius 1 is 1.21 bits per heavy atom. The van der Waals surface area contributed by atoms with Crippen molar-refractivity contribution in [2.24, 2.45) is 5.92 Å². The average Bonchev–Trinajstić information content (AvgIpc) is 3.32. The predicted octanol–water partition coefficient (Wildman–Crippen LogP) is 4.11. The summed E-state index contributed by atoms with van der Waals surface area (Å²) in [6.07, 6.45) is 4.97. The summed E-state index contributed by atoms with van der Waals surface area (Å²) in [5.74, 6) is 0.00872. The van der Waals surface area contributed by atoms with Gasteiger partial charge in [-0.15, -0.1) is 0 Å². The van der Waals surface area contributed by atoms with Gasteiger partial charge >= 0.3 is 5.97 Å². The Balaban J connectivity index is 1.74. The van der Waals surface area contributed by atoms with Gasteiger partial charge in [0.2, 0.25) is 0 Å². The molecule has 0 saturated carbocycles. The van der Waals surface area contributed by atoms with E-state index >= 15 is 0 Å². The van der Waals surface area contributed by atoms with E-state index in [2.05, 4.69) is 43.4 Å². The Morgan fingerprint density at radius 2 is 2.00 bits per heavy atom. The van der Waals surface area contributed by atoms with Crippen LogP contribution in [0.5, 0.6) is 0 Å². The lowest BCUT2D eigenvalue weighted by Gasteiger charge is -2.09. The molecule has 0 radical (unpaired) electrons. The Labute approximate surface area is 170 Å². The summed E-state index contributed by atoms with van der Waals surface area (Å²) < 4.78 is 14.3. The van der Waals surface area contributed by atoms with Crippen LogP contribution in [0.3, 0.4) is 0 Å². The molecule has 2 aromatic heterocycles. The summed E-state index contributed by atoms with van der Waals surface area (Å²) in [4.78, 5) is 12.2. The van der Waals surface area contributed by atoms with Crippen LogP contribution in [0, 0.1) is 17.2 Å². The van der Waals surface area contributed by atoms with E-state index in [9.17, 15) is 10.1 Å². The fourth-order valence-electron chi connectivity index (χ4n) is 3.07. The van der Waals surface area contributed by atoms with Gasteiger partial charge in [0, 0.05) is 35.9 Å². The van der Waals surface area contributed by atoms with Crippen molar-refractivity contribution in [3.8, 4) is 11.8 Å². The first-order valence-electron chi connectivity index (χ1n) is 9.75. The third kappa shape index (κ3) is 4.66. The van der Waals surface area contributed by atoms with Gasteiger partial charge in [-0.25, -0.2) is 9.48 Å². The molecular weight excluding hydrogens is 368 g/mol. The molecule has 3 aromatic rings. The molecule has 0 N–H and O–H groups in total. The molecule has 0 aliphatic heterocycles. The van der Waals surface area contributed by atoms with Crippen molar-refractivity contribution in [3.05, 3.63) is 47.9 Å². The van der Waals surface area contributed by atoms with Crippen LogP contribution in [0.1, 0.15) is 49.7 Å². The van der Waals surface area contributed by atoms with E-state index in [1.807, 2.05) is 24.4 Å². The smallest absolute Gasteiger partial charge is 0.341 e. The SMILES string of the molecule is CC(C)COCCOC(=O)c1cnn(-c2ccc3c(c2)c(C#N)cn3C(C)C)c1. The van der Waals surface area contributed by atoms with E-state index < -0.39 is 5.97 Å². The van der Waals surface area contributed by atoms with Gasteiger partial charge in [0.1, 0.15) is 12.7 Å². The number of esters is 1. The highest BCUT2D eigenvalue weighted by atomic mass is 16.6. The van der Waals surface area contributed by atoms with Crippen molar-refractivity contribution in [2.75, 3.05) is 19.8 Å². The Morgan fingerprint density at radius 3 is 2.69 bits per heavy atom. The number of hydrogen-bond acceptors (Lipinski definition) is 5. The van der Waals surface area contributed by atoms with Crippen LogP contribution >= 0.6 is 0 Å². The first-order valence-corrected chi connectivity index (χ1v) is 9.75. The minimum atomic E-state index is -0.436. The molecule has 0 atom stereocenters. The van der Waals surface area contributed by atoms with Crippen molar-refractivity contribution in [1.29, 1.82) is 5.26 Å². The van der Waals surface area contributed by atoms with Crippen molar-refractivity contribution >= 4 is 16.9 Å². The van der Waals surface area contributed by atoms with Gasteiger partial charge in [-0.2, -0.15) is 10.4 Å². The maximum atomic E-state index is 12.2. The summed E-state index contributed by atoms with van der Waals surface area (Å²) in [6, 6.07) is 8.30. The molecule has 0 aliphatic carbocycles. The molecule has 0 spiro atoms. The van der Waals surface area contributed by atoms with E-state index in [0.717, 1.165) is 16.6 Å². The first kappa shape index (κ1) is 20.6. The van der Waals surface area contributed by atoms with Gasteiger partial charge in [0.05, 0.1) is 29.6 Å². The van der Waals surface area contributed by atoms with Crippen molar-refractivity contribution < 1.29 is 14.3 Å². The molecule has 3 rings (SSSR count). The highest BCUT2D eigenvalue weighted by molar-refractivity contribution is 5.90. The number of fused-ring (bicyclic) bond motifs is 1. The maximum absolute atomic E-state index is 12.2. The summed E-state index contributed by atoms with van der Waals surface area (Å²) in [5, 5.41) is 14.6. The standard InChI is InChI=1S/C22H26N4O3/c1-15(2)14-28-7-8-29-22(27)18-11-24-26(13-18)19-5-6-21-20(9-19)17(10-23)12-25(21)16(3)4/h5-6,9,11-13,15-16H,7-8,14H2,1-4H3. The molecule has 152 valence electrons. The summed E-state index contributed by atoms with van der Waals surface area (Å²) in [5.41, 5.74) is 2.75. The molecule has 2 heterocycles. The highest BCUT2D eigenvalue weighted by Crippen LogP contribution is 2.26. The molecule has 0 fully saturated rings. The summed E-state index contributed by atoms with van der Waals surface area (Å²) in [7, 11) is 0. The van der Waals surface area contributed by atoms with Crippen molar-refractivity contribution in [1.82, 2.24) is 14.3 Å². The van der Waals surface area contributed by atoms with E-state index in [0.29, 0.717) is 30.3 Å². The summed E-state index contributed by atoms with van der Waals surface area (Å²) >= 11 is 0. The molecule has 0 bridgehead atoms. The van der Waals surface area contributed by atoms with Gasteiger partial charge in [-0.05, 0) is 38.0 Å². The number of nitriles is 1. The largest absolute Gasteiger partial charge is 0.460 e. The highest BCUT2D eigenvalue weighted by Gasteiger charge is 2.14. The first-order chi connectivity index (χ1) is 13.9. The van der Waals surface area contributed by atoms with Crippen molar-refractivity contribution in [2.45, 2.75) is 33.7 Å². The third-order valence-corrected chi connectivity index (χ3v) is 4.49. The van der Waals surface area contributed by atoms with Crippen LogP contribution in [-0.4, -0.2) is 40.1 Å². The Hall–Kier alpha value is -3.11. The Bertz CT molecular complexity index is 1040. The number of benzene rings is 1. The van der Waals surface area contributed by atoms with Crippen LogP contribution in [-0.2, 0) is 9.47 Å². The maximum Gasteiger partial charge on any atom is 0.341 e. The van der Waals surface area contributed by atoms with Crippen LogP contribution in [0.15, 0.2) is 36.8 Å². The van der Waals surface area contributed by atoms with E-state index in [1.165, 1.54) is 6.20 Å². The Kier molecular flexibility index (Phi) is 6.35. The lowest BCUT2D eigenvalue weighted by Crippen LogP contribution is -2.12. The zero-order valence-corrected chi connectivity index (χ0v) is 17.3. The molecule has 29 heavy (non-hydrogen) atoms. The number of ether oxygens (including phenoxy) is 2. The van der Waals surface area contributed by atoms with Crippen LogP contribution in [0.4, 0.5) is 0 Å². The lowest BCUT2D eigenvalue weighted by atomic mass is 10.1. The quantitative estimate of drug-likeness (QED) is 0.424. The number of nitrogens with zero attached hydrogens (tertiary/aromatic N) is 4. The average molecular weight is 394 g/mol. The molecule has 0 amide bonds. The molecule has 1 aromatic carbocycles. The second-order valence-corrected chi connectivity index (χ2v) is 7.64. The number of carbonyl (C=O) groups is 1. The minimum Gasteiger partial charge on any atom is -0.460 e. The van der Waals surface area contributed by atoms with E-state index in [-0.39, 0.29) is 12.6 Å². The van der Waals surface area contributed by atoms with Gasteiger partial charge in [-0.1, -0.05) is 13.8 Å². The topological polar surface area (TPSA) is 82.1 Å². The molecule has 0 saturated heterocycles. The normalized spacial score (nSPS) is 11.3. The van der Waals surface area contributed by atoms with Crippen LogP contribution < -0.4 is 0 Å². The van der Waals surface area contributed by atoms with Gasteiger partial charge < -0.3 is 14.0 Å². The van der Waals surface area contributed by atoms with Gasteiger partial charge in [0.15, 0.2) is 0 Å². The molecule has 0 unspecified atom stereocenters.